The van der Waals surface area contributed by atoms with Gasteiger partial charge in [0.15, 0.2) is 0 Å². The monoisotopic (exact) mass is 272 g/mol. The number of rotatable bonds is 10. The van der Waals surface area contributed by atoms with E-state index in [1.807, 2.05) is 20.4 Å². The molecular weight excluding hydrogens is 248 g/mol. The van der Waals surface area contributed by atoms with E-state index in [-0.39, 0.29) is 0 Å². The molecule has 0 bridgehead atoms. The van der Waals surface area contributed by atoms with Crippen molar-refractivity contribution in [2.24, 2.45) is 0 Å². The highest BCUT2D eigenvalue weighted by molar-refractivity contribution is 6.66. The van der Waals surface area contributed by atoms with Crippen molar-refractivity contribution in [3.8, 4) is 0 Å². The van der Waals surface area contributed by atoms with Crippen LogP contribution in [0.1, 0.15) is 20.3 Å². The highest BCUT2D eigenvalue weighted by atomic mass is 28.4. The molecule has 18 heavy (non-hydrogen) atoms. The zero-order valence-corrected chi connectivity index (χ0v) is 12.7. The van der Waals surface area contributed by atoms with Crippen LogP contribution in [-0.4, -0.2) is 34.5 Å². The van der Waals surface area contributed by atoms with Crippen molar-refractivity contribution >= 4 is 8.56 Å². The predicted octanol–water partition coefficient (Wildman–Crippen LogP) is 2.96. The maximum atomic E-state index is 5.77. The molecule has 1 fully saturated rings. The molecule has 0 spiro atoms. The Bertz CT molecular complexity index is 283. The van der Waals surface area contributed by atoms with Crippen LogP contribution in [0, 0.1) is 0 Å². The topological polar surface area (TPSA) is 40.2 Å². The van der Waals surface area contributed by atoms with Crippen LogP contribution in [0.15, 0.2) is 24.7 Å². The SMILES string of the molecule is C=C(C)O[Si](C)(CCCOCC1CO1)OC(=C)C. The summed E-state index contributed by atoms with van der Waals surface area (Å²) in [6, 6.07) is 0.859. The number of hydrogen-bond acceptors (Lipinski definition) is 4. The zero-order valence-electron chi connectivity index (χ0n) is 11.7. The van der Waals surface area contributed by atoms with Gasteiger partial charge in [-0.05, 0) is 20.3 Å². The van der Waals surface area contributed by atoms with Gasteiger partial charge in [-0.1, -0.05) is 13.2 Å². The average molecular weight is 272 g/mol. The van der Waals surface area contributed by atoms with Gasteiger partial charge in [-0.3, -0.25) is 0 Å². The Morgan fingerprint density at radius 2 is 1.83 bits per heavy atom. The lowest BCUT2D eigenvalue weighted by atomic mass is 10.5. The van der Waals surface area contributed by atoms with Crippen molar-refractivity contribution in [3.63, 3.8) is 0 Å². The van der Waals surface area contributed by atoms with E-state index in [0.717, 1.165) is 19.1 Å². The van der Waals surface area contributed by atoms with Crippen molar-refractivity contribution in [1.29, 1.82) is 0 Å². The molecule has 1 unspecified atom stereocenters. The van der Waals surface area contributed by atoms with Crippen LogP contribution in [0.3, 0.4) is 0 Å². The van der Waals surface area contributed by atoms with Crippen LogP contribution in [0.5, 0.6) is 0 Å². The van der Waals surface area contributed by atoms with E-state index in [1.54, 1.807) is 0 Å². The van der Waals surface area contributed by atoms with Gasteiger partial charge in [0, 0.05) is 19.2 Å². The van der Waals surface area contributed by atoms with Crippen molar-refractivity contribution < 1.29 is 18.3 Å². The van der Waals surface area contributed by atoms with Gasteiger partial charge < -0.3 is 18.3 Å². The Hall–Kier alpha value is -0.783. The van der Waals surface area contributed by atoms with Crippen LogP contribution in [0.2, 0.25) is 12.6 Å². The van der Waals surface area contributed by atoms with Crippen molar-refractivity contribution in [3.05, 3.63) is 24.7 Å². The Balaban J connectivity index is 2.24. The lowest BCUT2D eigenvalue weighted by molar-refractivity contribution is 0.115. The lowest BCUT2D eigenvalue weighted by Crippen LogP contribution is -2.37. The summed E-state index contributed by atoms with van der Waals surface area (Å²) >= 11 is 0. The van der Waals surface area contributed by atoms with Crippen LogP contribution < -0.4 is 0 Å². The van der Waals surface area contributed by atoms with E-state index in [1.165, 1.54) is 0 Å². The minimum Gasteiger partial charge on any atom is -0.517 e. The van der Waals surface area contributed by atoms with E-state index in [0.29, 0.717) is 30.8 Å². The second-order valence-corrected chi connectivity index (χ2v) is 8.05. The maximum absolute atomic E-state index is 5.77. The first-order valence-corrected chi connectivity index (χ1v) is 8.82. The first kappa shape index (κ1) is 15.3. The molecule has 1 rings (SSSR count). The Kier molecular flexibility index (Phi) is 5.91. The Labute approximate surface area is 111 Å². The molecule has 0 aromatic carbocycles. The first-order chi connectivity index (χ1) is 8.41. The summed E-state index contributed by atoms with van der Waals surface area (Å²) in [5, 5.41) is 0. The van der Waals surface area contributed by atoms with E-state index in [2.05, 4.69) is 13.2 Å². The minimum atomic E-state index is -2.25. The third kappa shape index (κ3) is 6.83. The van der Waals surface area contributed by atoms with Crippen LogP contribution in [0.25, 0.3) is 0 Å². The zero-order chi connectivity index (χ0) is 13.6. The highest BCUT2D eigenvalue weighted by Gasteiger charge is 2.35. The highest BCUT2D eigenvalue weighted by Crippen LogP contribution is 2.21. The summed E-state index contributed by atoms with van der Waals surface area (Å²) in [6.07, 6.45) is 1.24. The first-order valence-electron chi connectivity index (χ1n) is 6.30. The van der Waals surface area contributed by atoms with Gasteiger partial charge in [0.1, 0.15) is 6.10 Å². The molecule has 0 aromatic heterocycles. The summed E-state index contributed by atoms with van der Waals surface area (Å²) in [5.41, 5.74) is 0. The summed E-state index contributed by atoms with van der Waals surface area (Å²) in [4.78, 5) is 0. The van der Waals surface area contributed by atoms with Gasteiger partial charge in [-0.2, -0.15) is 0 Å². The predicted molar refractivity (Wildman–Crippen MR) is 73.4 cm³/mol. The summed E-state index contributed by atoms with van der Waals surface area (Å²) in [6.45, 7) is 15.5. The Morgan fingerprint density at radius 1 is 1.28 bits per heavy atom. The number of hydrogen-bond donors (Lipinski definition) is 0. The second kappa shape index (κ2) is 6.97. The quantitative estimate of drug-likeness (QED) is 0.265. The van der Waals surface area contributed by atoms with Crippen LogP contribution >= 0.6 is 0 Å². The van der Waals surface area contributed by atoms with Gasteiger partial charge in [0.25, 0.3) is 0 Å². The fourth-order valence-corrected chi connectivity index (χ4v) is 4.24. The number of ether oxygens (including phenoxy) is 2. The normalized spacial score (nSPS) is 18.3. The molecule has 1 heterocycles. The largest absolute Gasteiger partial charge is 0.517 e. The molecule has 0 saturated carbocycles. The summed E-state index contributed by atoms with van der Waals surface area (Å²) in [7, 11) is -2.25. The molecule has 0 radical (unpaired) electrons. The van der Waals surface area contributed by atoms with E-state index in [9.17, 15) is 0 Å². The van der Waals surface area contributed by atoms with Gasteiger partial charge >= 0.3 is 8.56 Å². The van der Waals surface area contributed by atoms with Gasteiger partial charge in [-0.15, -0.1) is 0 Å². The lowest BCUT2D eigenvalue weighted by Gasteiger charge is -2.28. The molecule has 0 N–H and O–H groups in total. The second-order valence-electron chi connectivity index (χ2n) is 4.88. The average Bonchev–Trinajstić information content (AvgIpc) is 2.97. The molecule has 1 saturated heterocycles. The fourth-order valence-electron chi connectivity index (χ4n) is 1.73. The fraction of sp³-hybridized carbons (Fsp3) is 0.692. The molecule has 5 heteroatoms. The maximum Gasteiger partial charge on any atom is 0.456 e. The number of epoxide rings is 1. The van der Waals surface area contributed by atoms with Crippen LogP contribution in [-0.2, 0) is 18.3 Å². The van der Waals surface area contributed by atoms with Gasteiger partial charge in [0.2, 0.25) is 0 Å². The van der Waals surface area contributed by atoms with Gasteiger partial charge in [-0.25, -0.2) is 0 Å². The standard InChI is InChI=1S/C13H24O4Si/c1-11(2)16-18(5,17-12(3)4)8-6-7-14-9-13-10-15-13/h13H,1,3,6-10H2,2,4-5H3. The molecule has 1 atom stereocenters. The molecule has 4 nitrogen and oxygen atoms in total. The van der Waals surface area contributed by atoms with E-state index in [4.69, 9.17) is 18.3 Å². The van der Waals surface area contributed by atoms with Crippen molar-refractivity contribution in [1.82, 2.24) is 0 Å². The summed E-state index contributed by atoms with van der Waals surface area (Å²) < 4.78 is 22.1. The summed E-state index contributed by atoms with van der Waals surface area (Å²) in [5.74, 6) is 1.38. The van der Waals surface area contributed by atoms with Crippen molar-refractivity contribution in [2.45, 2.75) is 39.0 Å². The third-order valence-corrected chi connectivity index (χ3v) is 5.23. The van der Waals surface area contributed by atoms with Gasteiger partial charge in [0.05, 0.1) is 24.7 Å². The molecule has 0 aliphatic carbocycles. The molecule has 1 aliphatic rings. The van der Waals surface area contributed by atoms with Crippen LogP contribution in [0.4, 0.5) is 0 Å². The smallest absolute Gasteiger partial charge is 0.456 e. The van der Waals surface area contributed by atoms with E-state index >= 15 is 0 Å². The molecule has 0 amide bonds. The molecule has 104 valence electrons. The number of allylic oxidation sites excluding steroid dienone is 2. The molecule has 1 aliphatic heterocycles. The molecule has 0 aromatic rings. The van der Waals surface area contributed by atoms with E-state index < -0.39 is 8.56 Å². The Morgan fingerprint density at radius 3 is 2.28 bits per heavy atom. The third-order valence-electron chi connectivity index (χ3n) is 2.41. The van der Waals surface area contributed by atoms with Crippen molar-refractivity contribution in [2.75, 3.05) is 19.8 Å². The minimum absolute atomic E-state index is 0.326. The molecular formula is C13H24O4Si.